The molecule has 0 aromatic heterocycles. The normalized spacial score (nSPS) is 14.2. The largest absolute Gasteiger partial charge is 0.399 e. The van der Waals surface area contributed by atoms with Crippen LogP contribution >= 0.6 is 0 Å². The van der Waals surface area contributed by atoms with Crippen molar-refractivity contribution in [2.45, 2.75) is 24.0 Å². The molecule has 16 heavy (non-hydrogen) atoms. The van der Waals surface area contributed by atoms with Crippen molar-refractivity contribution in [3.63, 3.8) is 0 Å². The van der Waals surface area contributed by atoms with E-state index in [2.05, 4.69) is 5.32 Å². The lowest BCUT2D eigenvalue weighted by molar-refractivity contribution is -0.119. The van der Waals surface area contributed by atoms with Gasteiger partial charge in [0.2, 0.25) is 5.91 Å². The van der Waals surface area contributed by atoms with Gasteiger partial charge in [0.1, 0.15) is 5.25 Å². The zero-order valence-electron chi connectivity index (χ0n) is 9.61. The molecule has 1 rings (SSSR count). The second kappa shape index (κ2) is 5.12. The molecule has 0 radical (unpaired) electrons. The summed E-state index contributed by atoms with van der Waals surface area (Å²) in [6.45, 7) is 3.49. The van der Waals surface area contributed by atoms with Crippen LogP contribution in [0.5, 0.6) is 0 Å². The van der Waals surface area contributed by atoms with Crippen molar-refractivity contribution in [2.24, 2.45) is 0 Å². The van der Waals surface area contributed by atoms with Gasteiger partial charge < -0.3 is 11.1 Å². The minimum atomic E-state index is -1.37. The van der Waals surface area contributed by atoms with Gasteiger partial charge in [-0.05, 0) is 31.5 Å². The Labute approximate surface area is 97.7 Å². The highest BCUT2D eigenvalue weighted by Gasteiger charge is 2.21. The van der Waals surface area contributed by atoms with Crippen LogP contribution in [0.2, 0.25) is 0 Å². The number of hydrogen-bond acceptors (Lipinski definition) is 3. The molecule has 2 atom stereocenters. The van der Waals surface area contributed by atoms with Crippen LogP contribution in [0.1, 0.15) is 12.5 Å². The highest BCUT2D eigenvalue weighted by atomic mass is 32.2. The number of anilines is 1. The zero-order valence-corrected chi connectivity index (χ0v) is 10.4. The maximum Gasteiger partial charge on any atom is 0.235 e. The standard InChI is InChI=1S/C11H16N2O2S/c1-7-4-5-9(12)6-10(7)16(15)8(2)11(14)13-3/h4-6,8H,12H2,1-3H3,(H,13,14). The molecule has 0 aliphatic heterocycles. The lowest BCUT2D eigenvalue weighted by Crippen LogP contribution is -2.33. The third-order valence-corrected chi connectivity index (χ3v) is 4.10. The molecule has 0 saturated heterocycles. The predicted octanol–water partition coefficient (Wildman–Crippen LogP) is 0.819. The van der Waals surface area contributed by atoms with E-state index in [1.165, 1.54) is 7.05 Å². The molecule has 0 saturated carbocycles. The number of hydrogen-bond donors (Lipinski definition) is 2. The van der Waals surface area contributed by atoms with Crippen molar-refractivity contribution in [1.29, 1.82) is 0 Å². The van der Waals surface area contributed by atoms with Crippen LogP contribution in [0.3, 0.4) is 0 Å². The first-order valence-corrected chi connectivity index (χ1v) is 6.17. The Hall–Kier alpha value is -1.36. The van der Waals surface area contributed by atoms with E-state index in [1.807, 2.05) is 6.92 Å². The van der Waals surface area contributed by atoms with E-state index < -0.39 is 16.0 Å². The molecule has 1 aromatic rings. The fraction of sp³-hybridized carbons (Fsp3) is 0.364. The summed E-state index contributed by atoms with van der Waals surface area (Å²) in [5.74, 6) is -0.236. The highest BCUT2D eigenvalue weighted by molar-refractivity contribution is 7.86. The van der Waals surface area contributed by atoms with Crippen LogP contribution in [-0.4, -0.2) is 22.4 Å². The topological polar surface area (TPSA) is 72.2 Å². The molecular formula is C11H16N2O2S. The molecular weight excluding hydrogens is 224 g/mol. The summed E-state index contributed by atoms with van der Waals surface area (Å²) in [6.07, 6.45) is 0. The van der Waals surface area contributed by atoms with Crippen LogP contribution in [0, 0.1) is 6.92 Å². The Balaban J connectivity index is 3.05. The Morgan fingerprint density at radius 2 is 2.12 bits per heavy atom. The number of nitrogens with one attached hydrogen (secondary N) is 1. The number of benzene rings is 1. The van der Waals surface area contributed by atoms with Gasteiger partial charge in [-0.25, -0.2) is 0 Å². The van der Waals surface area contributed by atoms with Crippen LogP contribution in [0.25, 0.3) is 0 Å². The van der Waals surface area contributed by atoms with Gasteiger partial charge in [-0.15, -0.1) is 0 Å². The van der Waals surface area contributed by atoms with Crippen molar-refractivity contribution in [3.8, 4) is 0 Å². The maximum atomic E-state index is 12.1. The number of nitrogens with two attached hydrogens (primary N) is 1. The van der Waals surface area contributed by atoms with Crippen LogP contribution in [0.15, 0.2) is 23.1 Å². The highest BCUT2D eigenvalue weighted by Crippen LogP contribution is 2.19. The van der Waals surface area contributed by atoms with Crippen molar-refractivity contribution >= 4 is 22.4 Å². The lowest BCUT2D eigenvalue weighted by atomic mass is 10.2. The van der Waals surface area contributed by atoms with Gasteiger partial charge in [0.25, 0.3) is 0 Å². The quantitative estimate of drug-likeness (QED) is 0.768. The summed E-state index contributed by atoms with van der Waals surface area (Å²) in [5, 5.41) is 1.91. The Morgan fingerprint density at radius 1 is 1.50 bits per heavy atom. The molecule has 3 N–H and O–H groups in total. The minimum Gasteiger partial charge on any atom is -0.399 e. The summed E-state index contributed by atoms with van der Waals surface area (Å²) in [7, 11) is 0.158. The first kappa shape index (κ1) is 12.7. The van der Waals surface area contributed by atoms with E-state index in [-0.39, 0.29) is 5.91 Å². The van der Waals surface area contributed by atoms with Gasteiger partial charge in [0.15, 0.2) is 0 Å². The van der Waals surface area contributed by atoms with E-state index in [1.54, 1.807) is 25.1 Å². The maximum absolute atomic E-state index is 12.1. The average Bonchev–Trinajstić information content (AvgIpc) is 2.29. The van der Waals surface area contributed by atoms with Gasteiger partial charge in [-0.1, -0.05) is 6.07 Å². The number of nitrogen functional groups attached to an aromatic ring is 1. The molecule has 5 heteroatoms. The summed E-state index contributed by atoms with van der Waals surface area (Å²) in [4.78, 5) is 12.0. The summed E-state index contributed by atoms with van der Waals surface area (Å²) >= 11 is 0. The molecule has 1 aromatic carbocycles. The first-order valence-electron chi connectivity index (χ1n) is 4.95. The van der Waals surface area contributed by atoms with Crippen molar-refractivity contribution in [1.82, 2.24) is 5.32 Å². The van der Waals surface area contributed by atoms with Crippen molar-refractivity contribution in [3.05, 3.63) is 23.8 Å². The number of carbonyl (C=O) groups excluding carboxylic acids is 1. The molecule has 0 aliphatic rings. The molecule has 0 heterocycles. The Bertz CT molecular complexity index is 432. The predicted molar refractivity (Wildman–Crippen MR) is 65.5 cm³/mol. The van der Waals surface area contributed by atoms with Gasteiger partial charge in [0, 0.05) is 17.6 Å². The van der Waals surface area contributed by atoms with E-state index in [0.717, 1.165) is 5.56 Å². The van der Waals surface area contributed by atoms with Crippen molar-refractivity contribution < 1.29 is 9.00 Å². The number of aryl methyl sites for hydroxylation is 1. The number of amides is 1. The van der Waals surface area contributed by atoms with Gasteiger partial charge >= 0.3 is 0 Å². The number of rotatable bonds is 3. The summed E-state index contributed by atoms with van der Waals surface area (Å²) < 4.78 is 12.1. The second-order valence-corrected chi connectivity index (χ2v) is 5.32. The van der Waals surface area contributed by atoms with Gasteiger partial charge in [0.05, 0.1) is 10.8 Å². The fourth-order valence-electron chi connectivity index (χ4n) is 1.32. The Kier molecular flexibility index (Phi) is 4.06. The van der Waals surface area contributed by atoms with E-state index in [0.29, 0.717) is 10.6 Å². The molecule has 0 spiro atoms. The average molecular weight is 240 g/mol. The first-order chi connectivity index (χ1) is 7.47. The molecule has 0 bridgehead atoms. The molecule has 4 nitrogen and oxygen atoms in total. The van der Waals surface area contributed by atoms with Crippen molar-refractivity contribution in [2.75, 3.05) is 12.8 Å². The third-order valence-electron chi connectivity index (χ3n) is 2.37. The molecule has 0 aliphatic carbocycles. The summed E-state index contributed by atoms with van der Waals surface area (Å²) in [6, 6.07) is 5.21. The SMILES string of the molecule is CNC(=O)C(C)S(=O)c1cc(N)ccc1C. The molecule has 1 amide bonds. The lowest BCUT2D eigenvalue weighted by Gasteiger charge is -2.12. The van der Waals surface area contributed by atoms with E-state index in [4.69, 9.17) is 5.73 Å². The minimum absolute atomic E-state index is 0.236. The van der Waals surface area contributed by atoms with Gasteiger partial charge in [-0.3, -0.25) is 9.00 Å². The molecule has 0 fully saturated rings. The van der Waals surface area contributed by atoms with Crippen LogP contribution in [0.4, 0.5) is 5.69 Å². The van der Waals surface area contributed by atoms with E-state index in [9.17, 15) is 9.00 Å². The van der Waals surface area contributed by atoms with Crippen LogP contribution in [-0.2, 0) is 15.6 Å². The second-order valence-electron chi connectivity index (χ2n) is 3.58. The Morgan fingerprint density at radius 3 is 2.69 bits per heavy atom. The molecule has 2 unspecified atom stereocenters. The summed E-state index contributed by atoms with van der Waals surface area (Å²) in [5.41, 5.74) is 7.07. The van der Waals surface area contributed by atoms with E-state index >= 15 is 0 Å². The van der Waals surface area contributed by atoms with Crippen LogP contribution < -0.4 is 11.1 Å². The smallest absolute Gasteiger partial charge is 0.235 e. The zero-order chi connectivity index (χ0) is 12.3. The monoisotopic (exact) mass is 240 g/mol. The third kappa shape index (κ3) is 2.61. The molecule has 88 valence electrons. The number of carbonyl (C=O) groups is 1. The fourth-order valence-corrected chi connectivity index (χ4v) is 2.66. The van der Waals surface area contributed by atoms with Gasteiger partial charge in [-0.2, -0.15) is 0 Å².